The van der Waals surface area contributed by atoms with Crippen LogP contribution in [0.1, 0.15) is 93.7 Å². The zero-order chi connectivity index (χ0) is 30.9. The Morgan fingerprint density at radius 3 is 1.30 bits per heavy atom. The number of rotatable bonds is 10. The van der Waals surface area contributed by atoms with Crippen LogP contribution in [0.15, 0.2) is 6.07 Å². The SMILES string of the molecule is Cc1cc(CN)c([N+]2(CC3CCC(CN)CC3)C(=O)CCC2=O)c([N+]2(CC3CCC(CN)CC3)C(=O)CCC2=O)c1CN. The Labute approximate surface area is 255 Å². The van der Waals surface area contributed by atoms with Crippen molar-refractivity contribution in [2.45, 2.75) is 97.1 Å². The molecule has 43 heavy (non-hydrogen) atoms. The molecule has 1 aromatic carbocycles. The highest BCUT2D eigenvalue weighted by atomic mass is 16.2. The molecule has 0 unspecified atom stereocenters. The van der Waals surface area contributed by atoms with Crippen LogP contribution in [0.25, 0.3) is 0 Å². The Morgan fingerprint density at radius 1 is 0.581 bits per heavy atom. The van der Waals surface area contributed by atoms with Crippen LogP contribution in [0.4, 0.5) is 11.4 Å². The number of hydrogen-bond donors (Lipinski definition) is 4. The number of carbonyl (C=O) groups excluding carboxylic acids is 4. The van der Waals surface area contributed by atoms with E-state index in [0.29, 0.717) is 60.5 Å². The molecule has 236 valence electrons. The van der Waals surface area contributed by atoms with Crippen molar-refractivity contribution in [3.8, 4) is 0 Å². The average Bonchev–Trinajstić information content (AvgIpc) is 3.46. The van der Waals surface area contributed by atoms with Crippen LogP contribution in [0, 0.1) is 30.6 Å². The number of imide groups is 2. The van der Waals surface area contributed by atoms with Crippen LogP contribution in [-0.2, 0) is 32.3 Å². The van der Waals surface area contributed by atoms with Gasteiger partial charge in [0, 0.05) is 36.1 Å². The second-order valence-corrected chi connectivity index (χ2v) is 13.7. The van der Waals surface area contributed by atoms with Crippen molar-refractivity contribution < 1.29 is 19.2 Å². The van der Waals surface area contributed by atoms with Crippen LogP contribution in [0.5, 0.6) is 0 Å². The molecule has 4 fully saturated rings. The minimum Gasteiger partial charge on any atom is -0.330 e. The first-order valence-corrected chi connectivity index (χ1v) is 16.5. The molecule has 2 saturated carbocycles. The monoisotopic (exact) mass is 596 g/mol. The van der Waals surface area contributed by atoms with E-state index in [4.69, 9.17) is 22.9 Å². The van der Waals surface area contributed by atoms with Crippen molar-refractivity contribution in [2.75, 3.05) is 26.2 Å². The van der Waals surface area contributed by atoms with E-state index in [0.717, 1.165) is 56.9 Å². The number of nitrogens with two attached hydrogens (primary N) is 4. The molecule has 2 saturated heterocycles. The number of hydrogen-bond acceptors (Lipinski definition) is 8. The zero-order valence-corrected chi connectivity index (χ0v) is 26.0. The zero-order valence-electron chi connectivity index (χ0n) is 26.0. The number of aryl methyl sites for hydroxylation is 1. The van der Waals surface area contributed by atoms with Crippen molar-refractivity contribution in [3.05, 3.63) is 22.8 Å². The normalized spacial score (nSPS) is 29.0. The summed E-state index contributed by atoms with van der Waals surface area (Å²) in [6.07, 6.45) is 7.93. The molecule has 4 aliphatic rings. The standard InChI is InChI=1S/C33H52N6O4/c1-21-14-26(17-36)32(38(28(40)10-11-29(38)41)19-24-6-2-22(15-34)3-7-24)33(27(21)18-37)39(30(42)12-13-31(39)43)20-25-8-4-23(16-35)5-9-25/h14,22-25H,2-13,15-20,34-37H2,1H3/q+2. The molecule has 4 amide bonds. The molecule has 0 spiro atoms. The molecule has 2 aliphatic carbocycles. The van der Waals surface area contributed by atoms with Gasteiger partial charge in [-0.15, -0.1) is 0 Å². The van der Waals surface area contributed by atoms with Crippen molar-refractivity contribution in [3.63, 3.8) is 0 Å². The molecule has 5 rings (SSSR count). The van der Waals surface area contributed by atoms with Crippen LogP contribution in [-0.4, -0.2) is 49.8 Å². The van der Waals surface area contributed by atoms with Gasteiger partial charge in [0.1, 0.15) is 13.1 Å². The van der Waals surface area contributed by atoms with Crippen molar-refractivity contribution in [1.82, 2.24) is 8.97 Å². The first-order chi connectivity index (χ1) is 20.7. The molecular weight excluding hydrogens is 544 g/mol. The van der Waals surface area contributed by atoms with Crippen LogP contribution >= 0.6 is 0 Å². The Kier molecular flexibility index (Phi) is 9.66. The van der Waals surface area contributed by atoms with Crippen LogP contribution in [0.2, 0.25) is 0 Å². The molecule has 0 bridgehead atoms. The Bertz CT molecular complexity index is 1230. The summed E-state index contributed by atoms with van der Waals surface area (Å²) in [7, 11) is 0. The van der Waals surface area contributed by atoms with Gasteiger partial charge in [0.15, 0.2) is 0 Å². The van der Waals surface area contributed by atoms with E-state index >= 15 is 0 Å². The van der Waals surface area contributed by atoms with Gasteiger partial charge in [-0.1, -0.05) is 0 Å². The second-order valence-electron chi connectivity index (χ2n) is 13.7. The topological polar surface area (TPSA) is 172 Å². The maximum absolute atomic E-state index is 14.2. The van der Waals surface area contributed by atoms with E-state index in [1.807, 2.05) is 13.0 Å². The smallest absolute Gasteiger partial charge is 0.327 e. The van der Waals surface area contributed by atoms with E-state index in [2.05, 4.69) is 0 Å². The highest BCUT2D eigenvalue weighted by molar-refractivity contribution is 6.21. The fourth-order valence-electron chi connectivity index (χ4n) is 8.78. The summed E-state index contributed by atoms with van der Waals surface area (Å²) >= 11 is 0. The number of carbonyl (C=O) groups is 4. The number of likely N-dealkylation sites (tertiary alicyclic amines) is 2. The van der Waals surface area contributed by atoms with E-state index in [1.165, 1.54) is 0 Å². The van der Waals surface area contributed by atoms with Gasteiger partial charge in [-0.3, -0.25) is 0 Å². The third-order valence-electron chi connectivity index (χ3n) is 11.3. The van der Waals surface area contributed by atoms with Crippen LogP contribution < -0.4 is 31.9 Å². The van der Waals surface area contributed by atoms with Crippen LogP contribution in [0.3, 0.4) is 0 Å². The second kappa shape index (κ2) is 12.9. The number of amides is 4. The summed E-state index contributed by atoms with van der Waals surface area (Å²) in [5.74, 6) is 0.502. The van der Waals surface area contributed by atoms with Crippen molar-refractivity contribution in [2.24, 2.45) is 46.6 Å². The minimum absolute atomic E-state index is 0.0818. The first-order valence-electron chi connectivity index (χ1n) is 16.5. The lowest BCUT2D eigenvalue weighted by Gasteiger charge is -2.41. The number of benzene rings is 1. The van der Waals surface area contributed by atoms with E-state index in [9.17, 15) is 19.2 Å². The molecule has 10 heteroatoms. The molecule has 10 nitrogen and oxygen atoms in total. The van der Waals surface area contributed by atoms with Crippen molar-refractivity contribution in [1.29, 1.82) is 0 Å². The lowest BCUT2D eigenvalue weighted by Crippen LogP contribution is -2.62. The highest BCUT2D eigenvalue weighted by Gasteiger charge is 2.62. The number of nitrogens with zero attached hydrogens (tertiary/aromatic N) is 2. The van der Waals surface area contributed by atoms with E-state index < -0.39 is 8.97 Å². The molecule has 2 heterocycles. The van der Waals surface area contributed by atoms with Gasteiger partial charge < -0.3 is 22.9 Å². The predicted octanol–water partition coefficient (Wildman–Crippen LogP) is 2.75. The lowest BCUT2D eigenvalue weighted by atomic mass is 9.80. The van der Waals surface area contributed by atoms with Gasteiger partial charge in [-0.25, -0.2) is 19.2 Å². The van der Waals surface area contributed by atoms with Gasteiger partial charge in [-0.05, 0) is 94.8 Å². The van der Waals surface area contributed by atoms with Crippen molar-refractivity contribution >= 4 is 35.0 Å². The Hall–Kier alpha value is -2.34. The number of quaternary nitrogens is 2. The third kappa shape index (κ3) is 5.44. The molecule has 8 N–H and O–H groups in total. The van der Waals surface area contributed by atoms with Gasteiger partial charge in [0.05, 0.1) is 25.7 Å². The van der Waals surface area contributed by atoms with Gasteiger partial charge >= 0.3 is 23.6 Å². The maximum atomic E-state index is 14.2. The summed E-state index contributed by atoms with van der Waals surface area (Å²) in [6.45, 7) is 4.03. The molecule has 1 aromatic rings. The maximum Gasteiger partial charge on any atom is 0.327 e. The molecule has 0 radical (unpaired) electrons. The third-order valence-corrected chi connectivity index (χ3v) is 11.3. The highest BCUT2D eigenvalue weighted by Crippen LogP contribution is 2.51. The lowest BCUT2D eigenvalue weighted by molar-refractivity contribution is -0.141. The summed E-state index contributed by atoms with van der Waals surface area (Å²) in [6, 6.07) is 1.93. The van der Waals surface area contributed by atoms with E-state index in [1.54, 1.807) is 0 Å². The molecule has 0 aromatic heterocycles. The first kappa shape index (κ1) is 32.1. The molecule has 2 aliphatic heterocycles. The largest absolute Gasteiger partial charge is 0.330 e. The van der Waals surface area contributed by atoms with E-state index in [-0.39, 0.29) is 74.2 Å². The Balaban J connectivity index is 1.73. The summed E-state index contributed by atoms with van der Waals surface area (Å²) in [5.41, 5.74) is 28.0. The predicted molar refractivity (Wildman–Crippen MR) is 168 cm³/mol. The Morgan fingerprint density at radius 2 is 0.953 bits per heavy atom. The average molecular weight is 597 g/mol. The summed E-state index contributed by atoms with van der Waals surface area (Å²) in [5, 5.41) is 0. The fraction of sp³-hybridized carbons (Fsp3) is 0.697. The quantitative estimate of drug-likeness (QED) is 0.236. The summed E-state index contributed by atoms with van der Waals surface area (Å²) < 4.78 is -0.928. The fourth-order valence-corrected chi connectivity index (χ4v) is 8.78. The summed E-state index contributed by atoms with van der Waals surface area (Å²) in [4.78, 5) is 56.9. The minimum atomic E-state index is -0.465. The van der Waals surface area contributed by atoms with Gasteiger partial charge in [0.2, 0.25) is 11.4 Å². The molecular formula is C33H52N6O4+2. The van der Waals surface area contributed by atoms with Gasteiger partial charge in [0.25, 0.3) is 0 Å². The molecule has 0 atom stereocenters. The van der Waals surface area contributed by atoms with Gasteiger partial charge in [-0.2, -0.15) is 8.97 Å².